The average molecular weight is 270 g/mol. The first-order chi connectivity index (χ1) is 7.27. The summed E-state index contributed by atoms with van der Waals surface area (Å²) in [4.78, 5) is 0. The molecule has 15 heavy (non-hydrogen) atoms. The van der Waals surface area contributed by atoms with Crippen LogP contribution >= 0.6 is 15.9 Å². The third kappa shape index (κ3) is 2.73. The Labute approximate surface area is 98.8 Å². The number of benzene rings is 1. The van der Waals surface area contributed by atoms with E-state index in [1.54, 1.807) is 0 Å². The first-order valence-corrected chi connectivity index (χ1v) is 6.26. The van der Waals surface area contributed by atoms with E-state index in [4.69, 9.17) is 0 Å². The van der Waals surface area contributed by atoms with Gasteiger partial charge in [0.05, 0.1) is 4.47 Å². The van der Waals surface area contributed by atoms with Crippen molar-refractivity contribution < 1.29 is 5.11 Å². The molecular weight excluding hydrogens is 254 g/mol. The summed E-state index contributed by atoms with van der Waals surface area (Å²) < 4.78 is 0.788. The molecule has 0 amide bonds. The van der Waals surface area contributed by atoms with E-state index >= 15 is 0 Å². The highest BCUT2D eigenvalue weighted by Gasteiger charge is 2.15. The van der Waals surface area contributed by atoms with Gasteiger partial charge in [0.25, 0.3) is 0 Å². The van der Waals surface area contributed by atoms with Crippen LogP contribution in [-0.2, 0) is 6.42 Å². The molecule has 0 radical (unpaired) electrons. The van der Waals surface area contributed by atoms with E-state index in [9.17, 15) is 5.11 Å². The van der Waals surface area contributed by atoms with Gasteiger partial charge in [0.1, 0.15) is 5.75 Å². The molecule has 0 saturated carbocycles. The summed E-state index contributed by atoms with van der Waals surface area (Å²) in [6.07, 6.45) is 4.71. The zero-order valence-electron chi connectivity index (χ0n) is 8.67. The Kier molecular flexibility index (Phi) is 3.65. The number of aromatic hydroxyl groups is 1. The molecule has 1 heterocycles. The predicted octanol–water partition coefficient (Wildman–Crippen LogP) is 2.84. The van der Waals surface area contributed by atoms with Crippen LogP contribution < -0.4 is 5.32 Å². The quantitative estimate of drug-likeness (QED) is 0.866. The van der Waals surface area contributed by atoms with Crippen LogP contribution in [0.3, 0.4) is 0 Å². The van der Waals surface area contributed by atoms with Crippen molar-refractivity contribution in [3.63, 3.8) is 0 Å². The van der Waals surface area contributed by atoms with E-state index in [1.165, 1.54) is 19.3 Å². The van der Waals surface area contributed by atoms with Gasteiger partial charge in [-0.1, -0.05) is 18.6 Å². The lowest BCUT2D eigenvalue weighted by atomic mass is 9.97. The lowest BCUT2D eigenvalue weighted by Gasteiger charge is -2.23. The number of hydrogen-bond acceptors (Lipinski definition) is 2. The normalized spacial score (nSPS) is 21.5. The van der Waals surface area contributed by atoms with Gasteiger partial charge < -0.3 is 10.4 Å². The lowest BCUT2D eigenvalue weighted by Crippen LogP contribution is -2.35. The van der Waals surface area contributed by atoms with Crippen molar-refractivity contribution in [2.24, 2.45) is 0 Å². The summed E-state index contributed by atoms with van der Waals surface area (Å²) in [5, 5.41) is 13.3. The molecule has 3 heteroatoms. The molecule has 0 bridgehead atoms. The number of para-hydroxylation sites is 1. The molecule has 2 N–H and O–H groups in total. The molecular formula is C12H16BrNO. The van der Waals surface area contributed by atoms with E-state index in [0.717, 1.165) is 23.0 Å². The SMILES string of the molecule is Oc1c(Br)cccc1CC1CCCCN1. The van der Waals surface area contributed by atoms with Crippen molar-refractivity contribution in [2.75, 3.05) is 6.54 Å². The van der Waals surface area contributed by atoms with Crippen LogP contribution in [0.25, 0.3) is 0 Å². The van der Waals surface area contributed by atoms with Gasteiger partial charge >= 0.3 is 0 Å². The minimum absolute atomic E-state index is 0.393. The molecule has 0 aromatic heterocycles. The highest BCUT2D eigenvalue weighted by atomic mass is 79.9. The molecule has 2 rings (SSSR count). The summed E-state index contributed by atoms with van der Waals surface area (Å²) >= 11 is 3.34. The monoisotopic (exact) mass is 269 g/mol. The summed E-state index contributed by atoms with van der Waals surface area (Å²) in [6, 6.07) is 6.37. The second-order valence-electron chi connectivity index (χ2n) is 4.10. The molecule has 1 aliphatic heterocycles. The van der Waals surface area contributed by atoms with Crippen LogP contribution in [-0.4, -0.2) is 17.7 Å². The van der Waals surface area contributed by atoms with Gasteiger partial charge in [-0.05, 0) is 53.4 Å². The van der Waals surface area contributed by atoms with Crippen molar-refractivity contribution in [1.29, 1.82) is 0 Å². The van der Waals surface area contributed by atoms with E-state index in [0.29, 0.717) is 11.8 Å². The van der Waals surface area contributed by atoms with Gasteiger partial charge in [-0.3, -0.25) is 0 Å². The predicted molar refractivity (Wildman–Crippen MR) is 65.2 cm³/mol. The van der Waals surface area contributed by atoms with E-state index in [1.807, 2.05) is 18.2 Å². The molecule has 1 aromatic carbocycles. The van der Waals surface area contributed by atoms with Crippen LogP contribution in [0.15, 0.2) is 22.7 Å². The maximum atomic E-state index is 9.85. The fraction of sp³-hybridized carbons (Fsp3) is 0.500. The van der Waals surface area contributed by atoms with E-state index in [2.05, 4.69) is 21.2 Å². The fourth-order valence-corrected chi connectivity index (χ4v) is 2.50. The molecule has 1 fully saturated rings. The molecule has 1 unspecified atom stereocenters. The van der Waals surface area contributed by atoms with Crippen molar-refractivity contribution in [3.05, 3.63) is 28.2 Å². The number of halogens is 1. The molecule has 0 aliphatic carbocycles. The van der Waals surface area contributed by atoms with Gasteiger partial charge in [-0.15, -0.1) is 0 Å². The van der Waals surface area contributed by atoms with Crippen molar-refractivity contribution in [3.8, 4) is 5.75 Å². The molecule has 2 nitrogen and oxygen atoms in total. The highest BCUT2D eigenvalue weighted by molar-refractivity contribution is 9.10. The first kappa shape index (κ1) is 11.0. The second-order valence-corrected chi connectivity index (χ2v) is 4.95. The molecule has 1 aromatic rings. The number of nitrogens with one attached hydrogen (secondary N) is 1. The Morgan fingerprint density at radius 3 is 3.00 bits per heavy atom. The van der Waals surface area contributed by atoms with Gasteiger partial charge in [-0.25, -0.2) is 0 Å². The minimum atomic E-state index is 0.393. The Morgan fingerprint density at radius 1 is 1.40 bits per heavy atom. The Hall–Kier alpha value is -0.540. The average Bonchev–Trinajstić information content (AvgIpc) is 2.26. The minimum Gasteiger partial charge on any atom is -0.506 e. The zero-order chi connectivity index (χ0) is 10.7. The van der Waals surface area contributed by atoms with Crippen molar-refractivity contribution in [2.45, 2.75) is 31.7 Å². The van der Waals surface area contributed by atoms with Crippen LogP contribution in [0, 0.1) is 0 Å². The van der Waals surface area contributed by atoms with Crippen molar-refractivity contribution in [1.82, 2.24) is 5.32 Å². The molecule has 1 aliphatic rings. The van der Waals surface area contributed by atoms with Crippen LogP contribution in [0.5, 0.6) is 5.75 Å². The number of rotatable bonds is 2. The summed E-state index contributed by atoms with van der Waals surface area (Å²) in [6.45, 7) is 1.11. The topological polar surface area (TPSA) is 32.3 Å². The fourth-order valence-electron chi connectivity index (χ4n) is 2.09. The highest BCUT2D eigenvalue weighted by Crippen LogP contribution is 2.29. The Bertz CT molecular complexity index is 334. The second kappa shape index (κ2) is 4.99. The molecule has 1 atom stereocenters. The third-order valence-electron chi connectivity index (χ3n) is 2.95. The number of hydrogen-bond donors (Lipinski definition) is 2. The molecule has 82 valence electrons. The number of phenolic OH excluding ortho intramolecular Hbond substituents is 1. The third-order valence-corrected chi connectivity index (χ3v) is 3.59. The van der Waals surface area contributed by atoms with Gasteiger partial charge in [0.15, 0.2) is 0 Å². The van der Waals surface area contributed by atoms with Gasteiger partial charge in [0.2, 0.25) is 0 Å². The smallest absolute Gasteiger partial charge is 0.132 e. The van der Waals surface area contributed by atoms with E-state index < -0.39 is 0 Å². The standard InChI is InChI=1S/C12H16BrNO/c13-11-6-3-4-9(12(11)15)8-10-5-1-2-7-14-10/h3-4,6,10,14-15H,1-2,5,7-8H2. The Balaban J connectivity index is 2.06. The maximum absolute atomic E-state index is 9.85. The van der Waals surface area contributed by atoms with Crippen molar-refractivity contribution >= 4 is 15.9 Å². The largest absolute Gasteiger partial charge is 0.506 e. The molecule has 1 saturated heterocycles. The summed E-state index contributed by atoms with van der Waals surface area (Å²) in [5.41, 5.74) is 1.03. The first-order valence-electron chi connectivity index (χ1n) is 5.47. The van der Waals surface area contributed by atoms with Crippen LogP contribution in [0.4, 0.5) is 0 Å². The van der Waals surface area contributed by atoms with E-state index in [-0.39, 0.29) is 0 Å². The lowest BCUT2D eigenvalue weighted by molar-refractivity contribution is 0.391. The zero-order valence-corrected chi connectivity index (χ0v) is 10.3. The maximum Gasteiger partial charge on any atom is 0.132 e. The number of phenols is 1. The Morgan fingerprint density at radius 2 is 2.27 bits per heavy atom. The van der Waals surface area contributed by atoms with Crippen LogP contribution in [0.1, 0.15) is 24.8 Å². The van der Waals surface area contributed by atoms with Gasteiger partial charge in [0, 0.05) is 6.04 Å². The van der Waals surface area contributed by atoms with Gasteiger partial charge in [-0.2, -0.15) is 0 Å². The summed E-state index contributed by atoms with van der Waals surface area (Å²) in [5.74, 6) is 0.393. The summed E-state index contributed by atoms with van der Waals surface area (Å²) in [7, 11) is 0. The van der Waals surface area contributed by atoms with Crippen LogP contribution in [0.2, 0.25) is 0 Å². The molecule has 0 spiro atoms. The number of piperidine rings is 1.